The highest BCUT2D eigenvalue weighted by molar-refractivity contribution is 6.74. The number of aliphatic carboxylic acids is 2. The summed E-state index contributed by atoms with van der Waals surface area (Å²) in [4.78, 5) is 61.9. The molecule has 2 N–H and O–H groups in total. The minimum atomic E-state index is -2.43. The van der Waals surface area contributed by atoms with Gasteiger partial charge in [-0.1, -0.05) is 58.4 Å². The van der Waals surface area contributed by atoms with Crippen LogP contribution in [0, 0.1) is 5.41 Å². The quantitative estimate of drug-likeness (QED) is 0.191. The van der Waals surface area contributed by atoms with Gasteiger partial charge in [-0.25, -0.2) is 9.79 Å². The Hall–Kier alpha value is -2.96. The van der Waals surface area contributed by atoms with E-state index in [2.05, 4.69) is 33.9 Å². The number of halogens is 1. The second-order valence-electron chi connectivity index (χ2n) is 12.5. The molecule has 2 aliphatic rings. The van der Waals surface area contributed by atoms with Gasteiger partial charge in [-0.2, -0.15) is 0 Å². The summed E-state index contributed by atoms with van der Waals surface area (Å²) in [5.41, 5.74) is -3.26. The Morgan fingerprint density at radius 1 is 1.10 bits per heavy atom. The zero-order valence-electron chi connectivity index (χ0n) is 25.7. The Morgan fingerprint density at radius 2 is 1.67 bits per heavy atom. The van der Waals surface area contributed by atoms with Crippen LogP contribution in [-0.4, -0.2) is 94.8 Å². The van der Waals surface area contributed by atoms with Crippen LogP contribution in [0.15, 0.2) is 29.3 Å². The van der Waals surface area contributed by atoms with E-state index in [1.165, 1.54) is 23.8 Å². The van der Waals surface area contributed by atoms with Crippen molar-refractivity contribution < 1.29 is 33.8 Å². The van der Waals surface area contributed by atoms with Crippen LogP contribution in [0.3, 0.4) is 0 Å². The molecule has 0 spiro atoms. The van der Waals surface area contributed by atoms with E-state index >= 15 is 0 Å². The summed E-state index contributed by atoms with van der Waals surface area (Å²) in [5, 5.41) is 21.0. The fraction of sp³-hybridized carbons (Fsp3) is 0.621. The highest BCUT2D eigenvalue weighted by atomic mass is 35.5. The van der Waals surface area contributed by atoms with Gasteiger partial charge in [-0.3, -0.25) is 24.2 Å². The zero-order valence-corrected chi connectivity index (χ0v) is 27.5. The maximum absolute atomic E-state index is 14.2. The van der Waals surface area contributed by atoms with Crippen LogP contribution in [-0.2, 0) is 25.4 Å². The SMILES string of the molecule is CCC(C(=O)O)(C(=O)O)C1=NC2(CC)C(C(=O)N(CCCO[Si](C)(C)C(C)(C)C)C(=O)N2C)N1Cc1ccc(Cl)cc1. The lowest BCUT2D eigenvalue weighted by Gasteiger charge is -2.49. The number of urea groups is 1. The molecule has 1 aromatic rings. The van der Waals surface area contributed by atoms with Gasteiger partial charge in [0, 0.05) is 31.8 Å². The molecule has 0 aromatic heterocycles. The van der Waals surface area contributed by atoms with Crippen LogP contribution < -0.4 is 0 Å². The van der Waals surface area contributed by atoms with Gasteiger partial charge in [-0.05, 0) is 55.1 Å². The van der Waals surface area contributed by atoms with Crippen molar-refractivity contribution in [3.8, 4) is 0 Å². The molecule has 1 aromatic carbocycles. The third kappa shape index (κ3) is 5.56. The molecule has 1 fully saturated rings. The van der Waals surface area contributed by atoms with Gasteiger partial charge >= 0.3 is 18.0 Å². The van der Waals surface area contributed by atoms with E-state index in [-0.39, 0.29) is 36.8 Å². The van der Waals surface area contributed by atoms with Crippen molar-refractivity contribution >= 4 is 49.6 Å². The van der Waals surface area contributed by atoms with Crippen LogP contribution in [0.25, 0.3) is 0 Å². The first-order valence-electron chi connectivity index (χ1n) is 14.2. The Bertz CT molecular complexity index is 1250. The van der Waals surface area contributed by atoms with Crippen molar-refractivity contribution in [1.29, 1.82) is 0 Å². The number of carbonyl (C=O) groups excluding carboxylic acids is 2. The van der Waals surface area contributed by atoms with Crippen molar-refractivity contribution in [2.45, 2.75) is 90.3 Å². The maximum atomic E-state index is 14.2. The number of amides is 3. The number of aliphatic imine (C=N–C) groups is 1. The van der Waals surface area contributed by atoms with Crippen molar-refractivity contribution in [3.05, 3.63) is 34.9 Å². The van der Waals surface area contributed by atoms with Gasteiger partial charge in [0.2, 0.25) is 5.41 Å². The summed E-state index contributed by atoms with van der Waals surface area (Å²) < 4.78 is 6.25. The molecule has 2 aliphatic heterocycles. The first-order valence-corrected chi connectivity index (χ1v) is 17.5. The number of carbonyl (C=O) groups is 4. The molecule has 3 amide bonds. The van der Waals surface area contributed by atoms with Crippen LogP contribution >= 0.6 is 11.6 Å². The lowest BCUT2D eigenvalue weighted by Crippen LogP contribution is -2.71. The molecule has 0 radical (unpaired) electrons. The number of carboxylic acids is 2. The molecule has 0 bridgehead atoms. The fourth-order valence-corrected chi connectivity index (χ4v) is 6.59. The Morgan fingerprint density at radius 3 is 2.14 bits per heavy atom. The predicted molar refractivity (Wildman–Crippen MR) is 162 cm³/mol. The second-order valence-corrected chi connectivity index (χ2v) is 17.7. The molecule has 42 heavy (non-hydrogen) atoms. The maximum Gasteiger partial charge on any atom is 0.328 e. The van der Waals surface area contributed by atoms with E-state index in [4.69, 9.17) is 21.0 Å². The predicted octanol–water partition coefficient (Wildman–Crippen LogP) is 4.90. The lowest BCUT2D eigenvalue weighted by molar-refractivity contribution is -0.160. The van der Waals surface area contributed by atoms with Gasteiger partial charge in [0.25, 0.3) is 5.91 Å². The Balaban J connectivity index is 2.07. The molecule has 3 rings (SSSR count). The molecule has 0 saturated carbocycles. The fourth-order valence-electron chi connectivity index (χ4n) is 5.38. The van der Waals surface area contributed by atoms with Gasteiger partial charge in [-0.15, -0.1) is 0 Å². The minimum Gasteiger partial charge on any atom is -0.480 e. The normalized spacial score (nSPS) is 21.5. The van der Waals surface area contributed by atoms with Gasteiger partial charge < -0.3 is 19.5 Å². The number of rotatable bonds is 12. The van der Waals surface area contributed by atoms with E-state index in [9.17, 15) is 29.4 Å². The molecule has 2 atom stereocenters. The molecule has 11 nitrogen and oxygen atoms in total. The second kappa shape index (κ2) is 12.0. The van der Waals surface area contributed by atoms with Gasteiger partial charge in [0.15, 0.2) is 20.0 Å². The molecular formula is C29H43ClN4O7Si. The van der Waals surface area contributed by atoms with Crippen molar-refractivity contribution in [2.75, 3.05) is 20.2 Å². The van der Waals surface area contributed by atoms with Crippen molar-refractivity contribution in [2.24, 2.45) is 10.4 Å². The average Bonchev–Trinajstić information content (AvgIpc) is 3.23. The summed E-state index contributed by atoms with van der Waals surface area (Å²) in [6.07, 6.45) is 0.256. The monoisotopic (exact) mass is 622 g/mol. The van der Waals surface area contributed by atoms with E-state index in [0.717, 1.165) is 4.90 Å². The largest absolute Gasteiger partial charge is 0.480 e. The Kier molecular flexibility index (Phi) is 9.55. The molecule has 1 saturated heterocycles. The van der Waals surface area contributed by atoms with Crippen LogP contribution in [0.1, 0.15) is 59.4 Å². The smallest absolute Gasteiger partial charge is 0.328 e. The molecule has 0 aliphatic carbocycles. The number of benzene rings is 1. The summed E-state index contributed by atoms with van der Waals surface area (Å²) in [5.74, 6) is -4.00. The Labute approximate surface area is 253 Å². The van der Waals surface area contributed by atoms with E-state index in [1.807, 2.05) is 0 Å². The number of imide groups is 1. The van der Waals surface area contributed by atoms with E-state index < -0.39 is 49.3 Å². The number of hydrogen-bond donors (Lipinski definition) is 2. The first-order chi connectivity index (χ1) is 19.4. The van der Waals surface area contributed by atoms with Gasteiger partial charge in [0.05, 0.1) is 0 Å². The highest BCUT2D eigenvalue weighted by Crippen LogP contribution is 2.45. The molecule has 2 heterocycles. The third-order valence-corrected chi connectivity index (χ3v) is 13.9. The van der Waals surface area contributed by atoms with Crippen molar-refractivity contribution in [3.63, 3.8) is 0 Å². The minimum absolute atomic E-state index is 0.00449. The van der Waals surface area contributed by atoms with Crippen LogP contribution in [0.2, 0.25) is 23.2 Å². The first kappa shape index (κ1) is 33.5. The number of nitrogens with zero attached hydrogens (tertiary/aromatic N) is 4. The molecule has 232 valence electrons. The number of likely N-dealkylation sites (N-methyl/N-ethyl adjacent to an activating group) is 1. The van der Waals surface area contributed by atoms with Gasteiger partial charge in [0.1, 0.15) is 5.84 Å². The number of carboxylic acid groups (broad SMARTS) is 2. The summed E-state index contributed by atoms with van der Waals surface area (Å²) >= 11 is 6.08. The number of amidine groups is 1. The summed E-state index contributed by atoms with van der Waals surface area (Å²) in [6, 6.07) is 5.05. The van der Waals surface area contributed by atoms with E-state index in [1.54, 1.807) is 31.2 Å². The average molecular weight is 623 g/mol. The highest BCUT2D eigenvalue weighted by Gasteiger charge is 2.66. The zero-order chi connectivity index (χ0) is 31.8. The number of fused-ring (bicyclic) bond motifs is 1. The topological polar surface area (TPSA) is 140 Å². The van der Waals surface area contributed by atoms with Crippen LogP contribution in [0.5, 0.6) is 0 Å². The molecular weight excluding hydrogens is 580 g/mol. The summed E-state index contributed by atoms with van der Waals surface area (Å²) in [7, 11) is -0.518. The van der Waals surface area contributed by atoms with Crippen LogP contribution in [0.4, 0.5) is 4.79 Å². The molecule has 13 heteroatoms. The van der Waals surface area contributed by atoms with E-state index in [0.29, 0.717) is 23.6 Å². The summed E-state index contributed by atoms with van der Waals surface area (Å²) in [6.45, 7) is 14.3. The standard InChI is InChI=1S/C29H43ClN4O7Si/c1-9-28(24(36)37,25(38)39)23-31-29(10-2)21(34(23)18-19-12-14-20(30)15-13-19)22(35)33(26(40)32(29)6)16-11-17-41-42(7,8)27(3,4)5/h12-15,21H,9-11,16-18H2,1-8H3,(H,36,37)(H,38,39). The third-order valence-electron chi connectivity index (χ3n) is 9.14. The lowest BCUT2D eigenvalue weighted by atomic mass is 9.82. The van der Waals surface area contributed by atoms with Crippen molar-refractivity contribution in [1.82, 2.24) is 14.7 Å². The number of hydrogen-bond acceptors (Lipinski definition) is 7. The molecule has 2 unspecified atom stereocenters.